The van der Waals surface area contributed by atoms with Crippen LogP contribution in [-0.4, -0.2) is 17.8 Å². The predicted molar refractivity (Wildman–Crippen MR) is 94.0 cm³/mol. The van der Waals surface area contributed by atoms with E-state index < -0.39 is 0 Å². The lowest BCUT2D eigenvalue weighted by atomic mass is 9.95. The van der Waals surface area contributed by atoms with Crippen molar-refractivity contribution in [3.8, 4) is 0 Å². The molecule has 0 amide bonds. The molecule has 1 heterocycles. The van der Waals surface area contributed by atoms with Crippen molar-refractivity contribution >= 4 is 11.3 Å². The van der Waals surface area contributed by atoms with Gasteiger partial charge in [0.15, 0.2) is 0 Å². The van der Waals surface area contributed by atoms with Crippen LogP contribution in [0, 0.1) is 0 Å². The zero-order chi connectivity index (χ0) is 15.3. The number of nitrogens with two attached hydrogens (primary N) is 1. The van der Waals surface area contributed by atoms with Crippen molar-refractivity contribution in [3.63, 3.8) is 0 Å². The first kappa shape index (κ1) is 18.7. The molecular formula is C18H33NOS. The molecule has 3 heteroatoms. The molecule has 1 rings (SSSR count). The summed E-state index contributed by atoms with van der Waals surface area (Å²) in [6.45, 7) is 2.80. The molecule has 0 saturated heterocycles. The van der Waals surface area contributed by atoms with Crippen LogP contribution >= 0.6 is 11.3 Å². The predicted octanol–water partition coefficient (Wildman–Crippen LogP) is 5.07. The van der Waals surface area contributed by atoms with Gasteiger partial charge in [0.2, 0.25) is 0 Å². The number of aliphatic hydroxyl groups excluding tert-OH is 1. The Labute approximate surface area is 134 Å². The summed E-state index contributed by atoms with van der Waals surface area (Å²) in [6.07, 6.45) is 12.5. The van der Waals surface area contributed by atoms with Crippen LogP contribution in [0.4, 0.5) is 0 Å². The minimum Gasteiger partial charge on any atom is -0.392 e. The van der Waals surface area contributed by atoms with Gasteiger partial charge in [-0.05, 0) is 17.9 Å². The summed E-state index contributed by atoms with van der Waals surface area (Å²) in [5.74, 6) is 0.124. The summed E-state index contributed by atoms with van der Waals surface area (Å²) in [4.78, 5) is 1.22. The summed E-state index contributed by atoms with van der Waals surface area (Å²) >= 11 is 1.70. The highest BCUT2D eigenvalue weighted by Crippen LogP contribution is 2.26. The summed E-state index contributed by atoms with van der Waals surface area (Å²) < 4.78 is 0. The smallest absolute Gasteiger partial charge is 0.0628 e. The molecule has 0 fully saturated rings. The van der Waals surface area contributed by atoms with Crippen molar-refractivity contribution in [1.29, 1.82) is 0 Å². The molecule has 0 radical (unpaired) electrons. The molecule has 2 atom stereocenters. The lowest BCUT2D eigenvalue weighted by Gasteiger charge is -2.20. The van der Waals surface area contributed by atoms with E-state index >= 15 is 0 Å². The van der Waals surface area contributed by atoms with Gasteiger partial charge in [0.1, 0.15) is 0 Å². The summed E-state index contributed by atoms with van der Waals surface area (Å²) in [7, 11) is 0. The first-order valence-corrected chi connectivity index (χ1v) is 9.59. The normalized spacial score (nSPS) is 14.2. The molecule has 2 unspecified atom stereocenters. The maximum atomic E-state index is 10.3. The molecule has 122 valence electrons. The minimum atomic E-state index is -0.279. The van der Waals surface area contributed by atoms with Crippen molar-refractivity contribution in [2.75, 3.05) is 6.54 Å². The number of rotatable bonds is 13. The number of hydrogen-bond acceptors (Lipinski definition) is 3. The van der Waals surface area contributed by atoms with Gasteiger partial charge in [0.25, 0.3) is 0 Å². The molecule has 0 aliphatic carbocycles. The van der Waals surface area contributed by atoms with Gasteiger partial charge in [-0.1, -0.05) is 70.8 Å². The first-order valence-electron chi connectivity index (χ1n) is 8.71. The van der Waals surface area contributed by atoms with Crippen molar-refractivity contribution in [3.05, 3.63) is 22.4 Å². The van der Waals surface area contributed by atoms with Gasteiger partial charge >= 0.3 is 0 Å². The van der Waals surface area contributed by atoms with Gasteiger partial charge < -0.3 is 10.8 Å². The molecule has 0 aliphatic rings. The van der Waals surface area contributed by atoms with Gasteiger partial charge in [0.05, 0.1) is 6.10 Å². The molecule has 0 bridgehead atoms. The molecule has 3 N–H and O–H groups in total. The minimum absolute atomic E-state index is 0.124. The van der Waals surface area contributed by atoms with E-state index in [4.69, 9.17) is 5.73 Å². The van der Waals surface area contributed by atoms with Gasteiger partial charge in [-0.2, -0.15) is 0 Å². The number of thiophene rings is 1. The molecule has 1 aromatic rings. The standard InChI is InChI=1S/C18H33NOS/c1-2-3-4-5-6-7-8-9-10-12-17(20)16(15-19)18-13-11-14-21-18/h11,13-14,16-17,20H,2-10,12,15,19H2,1H3. The fourth-order valence-corrected chi connectivity index (χ4v) is 3.73. The number of unbranched alkanes of at least 4 members (excludes halogenated alkanes) is 8. The lowest BCUT2D eigenvalue weighted by molar-refractivity contribution is 0.133. The van der Waals surface area contributed by atoms with E-state index in [1.54, 1.807) is 11.3 Å². The van der Waals surface area contributed by atoms with Crippen LogP contribution in [0.25, 0.3) is 0 Å². The van der Waals surface area contributed by atoms with E-state index in [-0.39, 0.29) is 12.0 Å². The molecule has 0 saturated carbocycles. The van der Waals surface area contributed by atoms with Crippen molar-refractivity contribution < 1.29 is 5.11 Å². The highest BCUT2D eigenvalue weighted by molar-refractivity contribution is 7.10. The summed E-state index contributed by atoms with van der Waals surface area (Å²) in [6, 6.07) is 4.12. The second-order valence-electron chi connectivity index (χ2n) is 6.04. The Morgan fingerprint density at radius 2 is 1.67 bits per heavy atom. The topological polar surface area (TPSA) is 46.2 Å². The molecule has 1 aromatic heterocycles. The van der Waals surface area contributed by atoms with Crippen LogP contribution in [-0.2, 0) is 0 Å². The Bertz CT molecular complexity index is 326. The third-order valence-corrected chi connectivity index (χ3v) is 5.23. The molecule has 0 aliphatic heterocycles. The van der Waals surface area contributed by atoms with Crippen molar-refractivity contribution in [1.82, 2.24) is 0 Å². The summed E-state index contributed by atoms with van der Waals surface area (Å²) in [5.41, 5.74) is 5.82. The van der Waals surface area contributed by atoms with Crippen LogP contribution in [0.1, 0.15) is 81.9 Å². The quantitative estimate of drug-likeness (QED) is 0.499. The summed E-state index contributed by atoms with van der Waals surface area (Å²) in [5, 5.41) is 12.4. The van der Waals surface area contributed by atoms with Crippen molar-refractivity contribution in [2.24, 2.45) is 5.73 Å². The fourth-order valence-electron chi connectivity index (χ4n) is 2.83. The zero-order valence-electron chi connectivity index (χ0n) is 13.6. The first-order chi connectivity index (χ1) is 10.3. The van der Waals surface area contributed by atoms with Gasteiger partial charge in [-0.25, -0.2) is 0 Å². The van der Waals surface area contributed by atoms with E-state index in [1.807, 2.05) is 6.07 Å². The maximum Gasteiger partial charge on any atom is 0.0628 e. The zero-order valence-corrected chi connectivity index (χ0v) is 14.4. The average molecular weight is 312 g/mol. The van der Waals surface area contributed by atoms with Gasteiger partial charge in [0, 0.05) is 17.3 Å². The van der Waals surface area contributed by atoms with E-state index in [2.05, 4.69) is 18.4 Å². The molecule has 0 aromatic carbocycles. The van der Waals surface area contributed by atoms with Crippen LogP contribution in [0.3, 0.4) is 0 Å². The highest BCUT2D eigenvalue weighted by Gasteiger charge is 2.19. The highest BCUT2D eigenvalue weighted by atomic mass is 32.1. The third-order valence-electron chi connectivity index (χ3n) is 4.23. The Kier molecular flexibility index (Phi) is 10.8. The largest absolute Gasteiger partial charge is 0.392 e. The Morgan fingerprint density at radius 3 is 2.19 bits per heavy atom. The SMILES string of the molecule is CCCCCCCCCCCC(O)C(CN)c1cccs1. The molecule has 2 nitrogen and oxygen atoms in total. The van der Waals surface area contributed by atoms with E-state index in [9.17, 15) is 5.11 Å². The monoisotopic (exact) mass is 311 g/mol. The second-order valence-corrected chi connectivity index (χ2v) is 7.02. The van der Waals surface area contributed by atoms with E-state index in [0.29, 0.717) is 6.54 Å². The van der Waals surface area contributed by atoms with E-state index in [0.717, 1.165) is 12.8 Å². The van der Waals surface area contributed by atoms with Crippen LogP contribution in [0.2, 0.25) is 0 Å². The maximum absolute atomic E-state index is 10.3. The molecule has 21 heavy (non-hydrogen) atoms. The molecular weight excluding hydrogens is 278 g/mol. The Balaban J connectivity index is 2.04. The third kappa shape index (κ3) is 7.98. The number of hydrogen-bond donors (Lipinski definition) is 2. The lowest BCUT2D eigenvalue weighted by Crippen LogP contribution is -2.25. The number of aliphatic hydroxyl groups is 1. The second kappa shape index (κ2) is 12.2. The van der Waals surface area contributed by atoms with Crippen LogP contribution in [0.5, 0.6) is 0 Å². The fraction of sp³-hybridized carbons (Fsp3) is 0.778. The van der Waals surface area contributed by atoms with Gasteiger partial charge in [-0.3, -0.25) is 0 Å². The Morgan fingerprint density at radius 1 is 1.05 bits per heavy atom. The van der Waals surface area contributed by atoms with Crippen LogP contribution in [0.15, 0.2) is 17.5 Å². The molecule has 0 spiro atoms. The Hall–Kier alpha value is -0.380. The van der Waals surface area contributed by atoms with Crippen LogP contribution < -0.4 is 5.73 Å². The van der Waals surface area contributed by atoms with E-state index in [1.165, 1.54) is 56.2 Å². The van der Waals surface area contributed by atoms with Gasteiger partial charge in [-0.15, -0.1) is 11.3 Å². The average Bonchev–Trinajstić information content (AvgIpc) is 3.00. The van der Waals surface area contributed by atoms with Crippen molar-refractivity contribution in [2.45, 2.75) is 83.2 Å².